The molecule has 2 aromatic carbocycles. The lowest BCUT2D eigenvalue weighted by Gasteiger charge is -2.33. The molecule has 2 aromatic rings. The largest absolute Gasteiger partial charge is 0.368 e. The van der Waals surface area contributed by atoms with Crippen LogP contribution in [0.5, 0.6) is 0 Å². The third-order valence-corrected chi connectivity index (χ3v) is 5.11. The minimum Gasteiger partial charge on any atom is -0.368 e. The quantitative estimate of drug-likeness (QED) is 0.724. The van der Waals surface area contributed by atoms with Crippen molar-refractivity contribution in [3.8, 4) is 0 Å². The first-order valence-electron chi connectivity index (χ1n) is 10.1. The van der Waals surface area contributed by atoms with E-state index in [2.05, 4.69) is 10.3 Å². The Morgan fingerprint density at radius 3 is 2.10 bits per heavy atom. The van der Waals surface area contributed by atoms with Gasteiger partial charge in [0.25, 0.3) is 0 Å². The van der Waals surface area contributed by atoms with Crippen LogP contribution in [0.1, 0.15) is 43.2 Å². The second-order valence-corrected chi connectivity index (χ2v) is 7.16. The Balaban J connectivity index is 2.06. The summed E-state index contributed by atoms with van der Waals surface area (Å²) in [7, 11) is 0. The molecule has 0 saturated heterocycles. The Kier molecular flexibility index (Phi) is 7.00. The van der Waals surface area contributed by atoms with Crippen LogP contribution in [0.4, 0.5) is 0 Å². The number of carbonyl (C=O) groups excluding carboxylic acids is 2. The molecule has 0 fully saturated rings. The fourth-order valence-electron chi connectivity index (χ4n) is 3.66. The molecule has 0 aliphatic carbocycles. The van der Waals surface area contributed by atoms with Crippen molar-refractivity contribution in [2.75, 3.05) is 13.1 Å². The highest BCUT2D eigenvalue weighted by Gasteiger charge is 2.37. The van der Waals surface area contributed by atoms with Gasteiger partial charge in [-0.3, -0.25) is 19.5 Å². The summed E-state index contributed by atoms with van der Waals surface area (Å²) in [5.41, 5.74) is 7.48. The van der Waals surface area contributed by atoms with E-state index in [0.717, 1.165) is 24.0 Å². The molecule has 0 spiro atoms. The van der Waals surface area contributed by atoms with Gasteiger partial charge < -0.3 is 11.1 Å². The summed E-state index contributed by atoms with van der Waals surface area (Å²) < 4.78 is 0. The van der Waals surface area contributed by atoms with E-state index in [4.69, 9.17) is 5.73 Å². The maximum atomic E-state index is 13.9. The zero-order chi connectivity index (χ0) is 20.6. The molecule has 152 valence electrons. The first kappa shape index (κ1) is 20.6. The van der Waals surface area contributed by atoms with E-state index in [1.165, 1.54) is 4.90 Å². The van der Waals surface area contributed by atoms with E-state index in [9.17, 15) is 9.59 Å². The Morgan fingerprint density at radius 2 is 1.66 bits per heavy atom. The van der Waals surface area contributed by atoms with Gasteiger partial charge in [-0.1, -0.05) is 80.4 Å². The van der Waals surface area contributed by atoms with Gasteiger partial charge in [0.15, 0.2) is 0 Å². The standard InChI is InChI=1S/C23H28N4O2/c1-2-3-14-19(21(24)28)27(23-25-15-16-26-23)22(29)20(17-10-6-4-7-11-17)18-12-8-5-9-13-18/h4-13,19-20H,2-3,14-16H2,1H3,(H2,24,28)(H,25,26)/t19-/m0/s1. The predicted molar refractivity (Wildman–Crippen MR) is 114 cm³/mol. The number of primary amides is 1. The number of benzene rings is 2. The van der Waals surface area contributed by atoms with E-state index in [0.29, 0.717) is 25.5 Å². The highest BCUT2D eigenvalue weighted by molar-refractivity contribution is 6.05. The van der Waals surface area contributed by atoms with E-state index in [1.807, 2.05) is 67.6 Å². The average Bonchev–Trinajstić information content (AvgIpc) is 3.27. The second-order valence-electron chi connectivity index (χ2n) is 7.16. The number of carbonyl (C=O) groups is 2. The molecule has 29 heavy (non-hydrogen) atoms. The molecule has 6 heteroatoms. The molecule has 3 rings (SSSR count). The normalized spacial score (nSPS) is 14.2. The smallest absolute Gasteiger partial charge is 0.242 e. The summed E-state index contributed by atoms with van der Waals surface area (Å²) in [6.45, 7) is 3.26. The van der Waals surface area contributed by atoms with Crippen molar-refractivity contribution in [1.82, 2.24) is 10.2 Å². The maximum Gasteiger partial charge on any atom is 0.242 e. The van der Waals surface area contributed by atoms with Crippen LogP contribution in [0.3, 0.4) is 0 Å². The van der Waals surface area contributed by atoms with Crippen molar-refractivity contribution in [1.29, 1.82) is 0 Å². The number of hydrogen-bond acceptors (Lipinski definition) is 4. The Bertz CT molecular complexity index is 812. The molecular weight excluding hydrogens is 364 g/mol. The highest BCUT2D eigenvalue weighted by atomic mass is 16.2. The minimum atomic E-state index is -0.735. The summed E-state index contributed by atoms with van der Waals surface area (Å²) >= 11 is 0. The van der Waals surface area contributed by atoms with Crippen LogP contribution in [0.2, 0.25) is 0 Å². The lowest BCUT2D eigenvalue weighted by atomic mass is 9.89. The van der Waals surface area contributed by atoms with Crippen LogP contribution in [0, 0.1) is 0 Å². The number of amides is 2. The molecule has 1 aliphatic heterocycles. The molecule has 6 nitrogen and oxygen atoms in total. The Morgan fingerprint density at radius 1 is 1.07 bits per heavy atom. The topological polar surface area (TPSA) is 87.8 Å². The van der Waals surface area contributed by atoms with Crippen molar-refractivity contribution < 1.29 is 9.59 Å². The fourth-order valence-corrected chi connectivity index (χ4v) is 3.66. The van der Waals surface area contributed by atoms with Gasteiger partial charge in [-0.2, -0.15) is 0 Å². The number of nitrogens with one attached hydrogen (secondary N) is 1. The highest BCUT2D eigenvalue weighted by Crippen LogP contribution is 2.28. The second kappa shape index (κ2) is 9.87. The first-order valence-corrected chi connectivity index (χ1v) is 10.1. The summed E-state index contributed by atoms with van der Waals surface area (Å²) in [6, 6.07) is 18.5. The zero-order valence-corrected chi connectivity index (χ0v) is 16.8. The summed E-state index contributed by atoms with van der Waals surface area (Å²) in [6.07, 6.45) is 2.22. The van der Waals surface area contributed by atoms with E-state index >= 15 is 0 Å². The zero-order valence-electron chi connectivity index (χ0n) is 16.8. The molecule has 0 aromatic heterocycles. The van der Waals surface area contributed by atoms with Crippen molar-refractivity contribution in [2.45, 2.75) is 38.1 Å². The summed E-state index contributed by atoms with van der Waals surface area (Å²) in [5.74, 6) is -0.823. The number of unbranched alkanes of at least 4 members (excludes halogenated alkanes) is 1. The predicted octanol–water partition coefficient (Wildman–Crippen LogP) is 2.65. The molecule has 0 unspecified atom stereocenters. The molecule has 1 atom stereocenters. The molecule has 1 heterocycles. The van der Waals surface area contributed by atoms with Gasteiger partial charge >= 0.3 is 0 Å². The molecule has 0 bridgehead atoms. The van der Waals surface area contributed by atoms with Crippen LogP contribution in [0.25, 0.3) is 0 Å². The molecule has 0 saturated carbocycles. The van der Waals surface area contributed by atoms with Gasteiger partial charge in [0, 0.05) is 6.54 Å². The molecule has 0 radical (unpaired) electrons. The van der Waals surface area contributed by atoms with Crippen LogP contribution in [-0.4, -0.2) is 41.8 Å². The van der Waals surface area contributed by atoms with Gasteiger partial charge in [0.05, 0.1) is 12.5 Å². The van der Waals surface area contributed by atoms with Crippen molar-refractivity contribution >= 4 is 17.8 Å². The third-order valence-electron chi connectivity index (χ3n) is 5.11. The fraction of sp³-hybridized carbons (Fsp3) is 0.348. The summed E-state index contributed by atoms with van der Waals surface area (Å²) in [4.78, 5) is 32.2. The first-order chi connectivity index (χ1) is 14.1. The van der Waals surface area contributed by atoms with Crippen LogP contribution in [-0.2, 0) is 9.59 Å². The number of guanidine groups is 1. The van der Waals surface area contributed by atoms with Gasteiger partial charge in [0.1, 0.15) is 6.04 Å². The van der Waals surface area contributed by atoms with Crippen molar-refractivity contribution in [3.05, 3.63) is 71.8 Å². The SMILES string of the molecule is CCCC[C@@H](C(N)=O)N(C(=O)C(c1ccccc1)c1ccccc1)C1=NCCN1. The van der Waals surface area contributed by atoms with E-state index in [-0.39, 0.29) is 5.91 Å². The molecule has 3 N–H and O–H groups in total. The lowest BCUT2D eigenvalue weighted by Crippen LogP contribution is -2.55. The molecular formula is C23H28N4O2. The molecule has 1 aliphatic rings. The van der Waals surface area contributed by atoms with Gasteiger partial charge in [-0.15, -0.1) is 0 Å². The Hall–Kier alpha value is -3.15. The number of nitrogens with zero attached hydrogens (tertiary/aromatic N) is 2. The van der Waals surface area contributed by atoms with Crippen molar-refractivity contribution in [2.24, 2.45) is 10.7 Å². The van der Waals surface area contributed by atoms with E-state index < -0.39 is 17.9 Å². The van der Waals surface area contributed by atoms with Crippen LogP contribution >= 0.6 is 0 Å². The van der Waals surface area contributed by atoms with Crippen molar-refractivity contribution in [3.63, 3.8) is 0 Å². The van der Waals surface area contributed by atoms with Gasteiger partial charge in [-0.25, -0.2) is 0 Å². The number of rotatable bonds is 8. The minimum absolute atomic E-state index is 0.199. The maximum absolute atomic E-state index is 13.9. The lowest BCUT2D eigenvalue weighted by molar-refractivity contribution is -0.135. The number of nitrogens with two attached hydrogens (primary N) is 1. The van der Waals surface area contributed by atoms with Crippen LogP contribution < -0.4 is 11.1 Å². The Labute approximate surface area is 171 Å². The van der Waals surface area contributed by atoms with Gasteiger partial charge in [0.2, 0.25) is 17.8 Å². The number of aliphatic imine (C=N–C) groups is 1. The number of hydrogen-bond donors (Lipinski definition) is 2. The van der Waals surface area contributed by atoms with Crippen LogP contribution in [0.15, 0.2) is 65.7 Å². The average molecular weight is 393 g/mol. The third kappa shape index (κ3) is 4.83. The summed E-state index contributed by atoms with van der Waals surface area (Å²) in [5, 5.41) is 3.15. The molecule has 2 amide bonds. The van der Waals surface area contributed by atoms with E-state index in [1.54, 1.807) is 0 Å². The monoisotopic (exact) mass is 392 g/mol. The van der Waals surface area contributed by atoms with Gasteiger partial charge in [-0.05, 0) is 17.5 Å².